The molecule has 0 bridgehead atoms. The van der Waals surface area contributed by atoms with E-state index in [0.29, 0.717) is 0 Å². The first-order chi connectivity index (χ1) is 8.26. The van der Waals surface area contributed by atoms with Crippen molar-refractivity contribution in [2.75, 3.05) is 26.4 Å². The molecular weight excluding hydrogens is 228 g/mol. The predicted octanol–water partition coefficient (Wildman–Crippen LogP) is 2.59. The van der Waals surface area contributed by atoms with Gasteiger partial charge in [0.15, 0.2) is 0 Å². The van der Waals surface area contributed by atoms with Crippen molar-refractivity contribution in [3.8, 4) is 0 Å². The van der Waals surface area contributed by atoms with Gasteiger partial charge < -0.3 is 5.32 Å². The Morgan fingerprint density at radius 3 is 2.47 bits per heavy atom. The lowest BCUT2D eigenvalue weighted by Gasteiger charge is -2.39. The number of hydrogen-bond acceptors (Lipinski definition) is 3. The van der Waals surface area contributed by atoms with Crippen LogP contribution < -0.4 is 5.32 Å². The Balaban J connectivity index is 1.85. The first-order valence-electron chi connectivity index (χ1n) is 7.21. The molecule has 17 heavy (non-hydrogen) atoms. The highest BCUT2D eigenvalue weighted by atomic mass is 32.2. The van der Waals surface area contributed by atoms with Crippen LogP contribution >= 0.6 is 11.8 Å². The quantitative estimate of drug-likeness (QED) is 0.832. The van der Waals surface area contributed by atoms with E-state index in [1.54, 1.807) is 0 Å². The molecule has 2 fully saturated rings. The van der Waals surface area contributed by atoms with Crippen LogP contribution in [0.15, 0.2) is 0 Å². The lowest BCUT2D eigenvalue weighted by atomic mass is 9.83. The molecule has 2 atom stereocenters. The van der Waals surface area contributed by atoms with Crippen LogP contribution in [-0.4, -0.2) is 48.6 Å². The van der Waals surface area contributed by atoms with Crippen LogP contribution in [-0.2, 0) is 0 Å². The molecule has 0 aromatic heterocycles. The van der Waals surface area contributed by atoms with Crippen molar-refractivity contribution in [3.63, 3.8) is 0 Å². The van der Waals surface area contributed by atoms with Crippen molar-refractivity contribution in [1.82, 2.24) is 10.2 Å². The van der Waals surface area contributed by atoms with Gasteiger partial charge in [0.1, 0.15) is 0 Å². The smallest absolute Gasteiger partial charge is 0.0351 e. The molecule has 2 aliphatic rings. The van der Waals surface area contributed by atoms with E-state index in [9.17, 15) is 0 Å². The van der Waals surface area contributed by atoms with Gasteiger partial charge in [0.05, 0.1) is 0 Å². The Morgan fingerprint density at radius 1 is 1.18 bits per heavy atom. The van der Waals surface area contributed by atoms with Crippen molar-refractivity contribution in [2.45, 2.75) is 56.4 Å². The van der Waals surface area contributed by atoms with Crippen LogP contribution in [0.25, 0.3) is 0 Å². The van der Waals surface area contributed by atoms with Crippen LogP contribution in [0.1, 0.15) is 39.0 Å². The fraction of sp³-hybridized carbons (Fsp3) is 1.00. The highest BCUT2D eigenvalue weighted by Gasteiger charge is 2.34. The molecular formula is C14H28N2S. The van der Waals surface area contributed by atoms with Gasteiger partial charge in [0, 0.05) is 30.4 Å². The van der Waals surface area contributed by atoms with E-state index in [1.165, 1.54) is 45.2 Å². The standard InChI is InChI=1S/C14H28N2S/c1-4-11-5-7-12(8-6-11)16(2)13-9-15-10-14(13)17-3/h11-15H,4-10H2,1-3H3. The van der Waals surface area contributed by atoms with E-state index in [-0.39, 0.29) is 0 Å². The molecule has 1 aliphatic heterocycles. The minimum atomic E-state index is 0.758. The van der Waals surface area contributed by atoms with Gasteiger partial charge in [-0.3, -0.25) is 4.90 Å². The van der Waals surface area contributed by atoms with Crippen molar-refractivity contribution >= 4 is 11.8 Å². The molecule has 1 N–H and O–H groups in total. The summed E-state index contributed by atoms with van der Waals surface area (Å²) >= 11 is 2.03. The summed E-state index contributed by atoms with van der Waals surface area (Å²) in [7, 11) is 2.36. The average molecular weight is 256 g/mol. The third-order valence-corrected chi connectivity index (χ3v) is 6.01. The van der Waals surface area contributed by atoms with Crippen molar-refractivity contribution in [2.24, 2.45) is 5.92 Å². The van der Waals surface area contributed by atoms with Crippen LogP contribution in [0.3, 0.4) is 0 Å². The summed E-state index contributed by atoms with van der Waals surface area (Å²) in [5.74, 6) is 1.01. The third-order valence-electron chi connectivity index (χ3n) is 4.92. The van der Waals surface area contributed by atoms with Gasteiger partial charge in [-0.15, -0.1) is 0 Å². The summed E-state index contributed by atoms with van der Waals surface area (Å²) < 4.78 is 0. The zero-order valence-electron chi connectivity index (χ0n) is 11.6. The molecule has 0 amide bonds. The summed E-state index contributed by atoms with van der Waals surface area (Å²) in [6.45, 7) is 4.73. The summed E-state index contributed by atoms with van der Waals surface area (Å²) in [4.78, 5) is 2.69. The molecule has 1 saturated carbocycles. The van der Waals surface area contributed by atoms with Gasteiger partial charge in [0.2, 0.25) is 0 Å². The molecule has 3 heteroatoms. The minimum Gasteiger partial charge on any atom is -0.314 e. The molecule has 0 spiro atoms. The van der Waals surface area contributed by atoms with E-state index in [0.717, 1.165) is 23.3 Å². The number of hydrogen-bond donors (Lipinski definition) is 1. The van der Waals surface area contributed by atoms with Crippen molar-refractivity contribution < 1.29 is 0 Å². The number of thioether (sulfide) groups is 1. The second-order valence-electron chi connectivity index (χ2n) is 5.75. The highest BCUT2D eigenvalue weighted by molar-refractivity contribution is 7.99. The van der Waals surface area contributed by atoms with Gasteiger partial charge in [0.25, 0.3) is 0 Å². The Labute approximate surface area is 111 Å². The summed E-state index contributed by atoms with van der Waals surface area (Å²) in [5, 5.41) is 4.35. The normalized spacial score (nSPS) is 38.8. The number of nitrogens with zero attached hydrogens (tertiary/aromatic N) is 1. The lowest BCUT2D eigenvalue weighted by molar-refractivity contribution is 0.129. The van der Waals surface area contributed by atoms with Crippen LogP contribution in [0, 0.1) is 5.92 Å². The van der Waals surface area contributed by atoms with Crippen molar-refractivity contribution in [1.29, 1.82) is 0 Å². The summed E-state index contributed by atoms with van der Waals surface area (Å²) in [6.07, 6.45) is 9.39. The average Bonchev–Trinajstić information content (AvgIpc) is 2.86. The Morgan fingerprint density at radius 2 is 1.88 bits per heavy atom. The second kappa shape index (κ2) is 6.44. The Kier molecular flexibility index (Phi) is 5.19. The zero-order valence-corrected chi connectivity index (χ0v) is 12.4. The largest absolute Gasteiger partial charge is 0.314 e. The van der Waals surface area contributed by atoms with Gasteiger partial charge >= 0.3 is 0 Å². The van der Waals surface area contributed by atoms with Gasteiger partial charge in [-0.05, 0) is 44.9 Å². The molecule has 0 aromatic rings. The Bertz CT molecular complexity index is 226. The fourth-order valence-corrected chi connectivity index (χ4v) is 4.41. The lowest BCUT2D eigenvalue weighted by Crippen LogP contribution is -2.46. The maximum Gasteiger partial charge on any atom is 0.0351 e. The second-order valence-corrected chi connectivity index (χ2v) is 6.82. The highest BCUT2D eigenvalue weighted by Crippen LogP contribution is 2.31. The Hall–Kier alpha value is 0.270. The molecule has 0 aromatic carbocycles. The van der Waals surface area contributed by atoms with Crippen molar-refractivity contribution in [3.05, 3.63) is 0 Å². The maximum atomic E-state index is 3.55. The number of nitrogens with one attached hydrogen (secondary N) is 1. The monoisotopic (exact) mass is 256 g/mol. The molecule has 1 heterocycles. The van der Waals surface area contributed by atoms with Crippen LogP contribution in [0.4, 0.5) is 0 Å². The molecule has 2 rings (SSSR count). The first kappa shape index (κ1) is 13.7. The first-order valence-corrected chi connectivity index (χ1v) is 8.50. The zero-order chi connectivity index (χ0) is 12.3. The molecule has 1 saturated heterocycles. The molecule has 2 unspecified atom stereocenters. The van der Waals surface area contributed by atoms with E-state index < -0.39 is 0 Å². The van der Waals surface area contributed by atoms with E-state index in [1.807, 2.05) is 11.8 Å². The fourth-order valence-electron chi connectivity index (χ4n) is 3.52. The van der Waals surface area contributed by atoms with Crippen LogP contribution in [0.2, 0.25) is 0 Å². The van der Waals surface area contributed by atoms with Gasteiger partial charge in [-0.25, -0.2) is 0 Å². The van der Waals surface area contributed by atoms with Gasteiger partial charge in [-0.1, -0.05) is 13.3 Å². The number of rotatable bonds is 4. The third kappa shape index (κ3) is 3.18. The van der Waals surface area contributed by atoms with Gasteiger partial charge in [-0.2, -0.15) is 11.8 Å². The van der Waals surface area contributed by atoms with E-state index in [2.05, 4.69) is 30.4 Å². The summed E-state index contributed by atoms with van der Waals surface area (Å²) in [5.41, 5.74) is 0. The summed E-state index contributed by atoms with van der Waals surface area (Å²) in [6, 6.07) is 1.60. The van der Waals surface area contributed by atoms with E-state index in [4.69, 9.17) is 0 Å². The molecule has 0 radical (unpaired) electrons. The SMILES string of the molecule is CCC1CCC(N(C)C2CNCC2SC)CC1. The molecule has 2 nitrogen and oxygen atoms in total. The predicted molar refractivity (Wildman–Crippen MR) is 77.8 cm³/mol. The molecule has 1 aliphatic carbocycles. The minimum absolute atomic E-state index is 0.758. The van der Waals surface area contributed by atoms with Crippen LogP contribution in [0.5, 0.6) is 0 Å². The van der Waals surface area contributed by atoms with E-state index >= 15 is 0 Å². The number of likely N-dealkylation sites (N-methyl/N-ethyl adjacent to an activating group) is 1. The molecule has 100 valence electrons. The maximum absolute atomic E-state index is 3.55. The topological polar surface area (TPSA) is 15.3 Å².